The van der Waals surface area contributed by atoms with E-state index in [-0.39, 0.29) is 10.3 Å². The van der Waals surface area contributed by atoms with Crippen molar-refractivity contribution in [3.63, 3.8) is 0 Å². The third-order valence-corrected chi connectivity index (χ3v) is 5.39. The number of primary sulfonamides is 1. The SMILES string of the molecule is CCc1cc(=O)c2cc(F)c(-c3ccc(S(N)(=O)=O)cc3)cc2n1CC. The van der Waals surface area contributed by atoms with E-state index in [9.17, 15) is 17.6 Å². The normalized spacial score (nSPS) is 11.8. The maximum absolute atomic E-state index is 14.6. The minimum absolute atomic E-state index is 0.0406. The zero-order valence-electron chi connectivity index (χ0n) is 14.5. The smallest absolute Gasteiger partial charge is 0.238 e. The lowest BCUT2D eigenvalue weighted by Gasteiger charge is -2.16. The molecule has 0 atom stereocenters. The zero-order chi connectivity index (χ0) is 19.1. The van der Waals surface area contributed by atoms with E-state index in [1.807, 2.05) is 18.4 Å². The summed E-state index contributed by atoms with van der Waals surface area (Å²) >= 11 is 0. The number of fused-ring (bicyclic) bond motifs is 1. The van der Waals surface area contributed by atoms with E-state index in [2.05, 4.69) is 0 Å². The Morgan fingerprint density at radius 3 is 2.27 bits per heavy atom. The molecular formula is C19H19FN2O3S. The van der Waals surface area contributed by atoms with Gasteiger partial charge in [0.05, 0.1) is 10.4 Å². The van der Waals surface area contributed by atoms with Crippen molar-refractivity contribution in [3.05, 3.63) is 64.2 Å². The molecule has 0 saturated carbocycles. The average Bonchev–Trinajstić information content (AvgIpc) is 2.61. The second kappa shape index (κ2) is 6.66. The molecule has 0 amide bonds. The molecule has 1 aromatic heterocycles. The minimum Gasteiger partial charge on any atom is -0.345 e. The van der Waals surface area contributed by atoms with E-state index in [0.717, 1.165) is 5.69 Å². The molecule has 0 aliphatic rings. The van der Waals surface area contributed by atoms with Gasteiger partial charge in [0.1, 0.15) is 5.82 Å². The lowest BCUT2D eigenvalue weighted by molar-refractivity contribution is 0.598. The predicted molar refractivity (Wildman–Crippen MR) is 100 cm³/mol. The Labute approximate surface area is 150 Å². The highest BCUT2D eigenvalue weighted by molar-refractivity contribution is 7.89. The third kappa shape index (κ3) is 3.15. The van der Waals surface area contributed by atoms with Gasteiger partial charge in [-0.3, -0.25) is 4.79 Å². The zero-order valence-corrected chi connectivity index (χ0v) is 15.3. The number of nitrogens with two attached hydrogens (primary N) is 1. The van der Waals surface area contributed by atoms with Gasteiger partial charge in [0.2, 0.25) is 10.0 Å². The Morgan fingerprint density at radius 2 is 1.73 bits per heavy atom. The van der Waals surface area contributed by atoms with Crippen LogP contribution in [0.2, 0.25) is 0 Å². The second-order valence-electron chi connectivity index (χ2n) is 6.02. The largest absolute Gasteiger partial charge is 0.345 e. The van der Waals surface area contributed by atoms with Crippen LogP contribution in [0.15, 0.2) is 52.2 Å². The number of hydrogen-bond donors (Lipinski definition) is 1. The number of nitrogens with zero attached hydrogens (tertiary/aromatic N) is 1. The first-order chi connectivity index (χ1) is 12.3. The summed E-state index contributed by atoms with van der Waals surface area (Å²) in [5.41, 5.74) is 2.13. The molecule has 5 nitrogen and oxygen atoms in total. The first-order valence-corrected chi connectivity index (χ1v) is 9.80. The van der Waals surface area contributed by atoms with Crippen molar-refractivity contribution in [2.75, 3.05) is 0 Å². The van der Waals surface area contributed by atoms with Crippen molar-refractivity contribution < 1.29 is 12.8 Å². The molecule has 2 aromatic carbocycles. The molecule has 7 heteroatoms. The van der Waals surface area contributed by atoms with Gasteiger partial charge in [-0.2, -0.15) is 0 Å². The Kier molecular flexibility index (Phi) is 4.68. The standard InChI is InChI=1S/C19H19FN2O3S/c1-3-13-9-19(23)16-10-17(20)15(11-18(16)22(13)4-2)12-5-7-14(8-6-12)26(21,24)25/h5-11H,3-4H2,1-2H3,(H2,21,24,25). The van der Waals surface area contributed by atoms with E-state index >= 15 is 0 Å². The molecule has 136 valence electrons. The van der Waals surface area contributed by atoms with Crippen molar-refractivity contribution >= 4 is 20.9 Å². The van der Waals surface area contributed by atoms with Crippen LogP contribution in [-0.2, 0) is 23.0 Å². The van der Waals surface area contributed by atoms with Gasteiger partial charge in [-0.25, -0.2) is 17.9 Å². The number of halogens is 1. The van der Waals surface area contributed by atoms with Crippen LogP contribution in [0, 0.1) is 5.82 Å². The fourth-order valence-corrected chi connectivity index (χ4v) is 3.67. The van der Waals surface area contributed by atoms with Crippen molar-refractivity contribution in [3.8, 4) is 11.1 Å². The summed E-state index contributed by atoms with van der Waals surface area (Å²) in [5.74, 6) is -0.537. The molecule has 0 bridgehead atoms. The maximum Gasteiger partial charge on any atom is 0.238 e. The number of aryl methyl sites for hydroxylation is 2. The molecule has 1 heterocycles. The summed E-state index contributed by atoms with van der Waals surface area (Å²) in [6.07, 6.45) is 0.689. The number of benzene rings is 2. The van der Waals surface area contributed by atoms with E-state index in [1.165, 1.54) is 30.3 Å². The number of rotatable bonds is 4. The molecule has 3 rings (SSSR count). The molecule has 3 aromatic rings. The Bertz CT molecular complexity index is 1150. The average molecular weight is 374 g/mol. The molecule has 2 N–H and O–H groups in total. The second-order valence-corrected chi connectivity index (χ2v) is 7.58. The van der Waals surface area contributed by atoms with Gasteiger partial charge in [0.15, 0.2) is 5.43 Å². The van der Waals surface area contributed by atoms with Crippen LogP contribution in [0.1, 0.15) is 19.5 Å². The predicted octanol–water partition coefficient (Wildman–Crippen LogP) is 3.04. The van der Waals surface area contributed by atoms with Gasteiger partial charge >= 0.3 is 0 Å². The highest BCUT2D eigenvalue weighted by atomic mass is 32.2. The highest BCUT2D eigenvalue weighted by Gasteiger charge is 2.14. The van der Waals surface area contributed by atoms with Crippen molar-refractivity contribution in [1.82, 2.24) is 4.57 Å². The molecule has 0 radical (unpaired) electrons. The van der Waals surface area contributed by atoms with Gasteiger partial charge in [0.25, 0.3) is 0 Å². The van der Waals surface area contributed by atoms with Gasteiger partial charge < -0.3 is 4.57 Å². The van der Waals surface area contributed by atoms with Crippen LogP contribution in [0.25, 0.3) is 22.0 Å². The van der Waals surface area contributed by atoms with Crippen LogP contribution >= 0.6 is 0 Å². The Hall–Kier alpha value is -2.51. The van der Waals surface area contributed by atoms with Crippen molar-refractivity contribution in [1.29, 1.82) is 0 Å². The van der Waals surface area contributed by atoms with Gasteiger partial charge in [-0.1, -0.05) is 19.1 Å². The Balaban J connectivity index is 2.27. The number of hydrogen-bond acceptors (Lipinski definition) is 3. The third-order valence-electron chi connectivity index (χ3n) is 4.46. The fourth-order valence-electron chi connectivity index (χ4n) is 3.16. The quantitative estimate of drug-likeness (QED) is 0.762. The Morgan fingerprint density at radius 1 is 1.08 bits per heavy atom. The number of pyridine rings is 1. The summed E-state index contributed by atoms with van der Waals surface area (Å²) in [4.78, 5) is 12.3. The molecule has 0 unspecified atom stereocenters. The molecule has 0 aliphatic carbocycles. The molecule has 0 fully saturated rings. The van der Waals surface area contributed by atoms with E-state index in [0.29, 0.717) is 35.0 Å². The number of sulfonamides is 1. The maximum atomic E-state index is 14.6. The first kappa shape index (κ1) is 18.3. The van der Waals surface area contributed by atoms with Gasteiger partial charge in [-0.15, -0.1) is 0 Å². The lowest BCUT2D eigenvalue weighted by atomic mass is 10.0. The van der Waals surface area contributed by atoms with E-state index in [1.54, 1.807) is 12.1 Å². The summed E-state index contributed by atoms with van der Waals surface area (Å²) < 4.78 is 39.4. The molecule has 26 heavy (non-hydrogen) atoms. The topological polar surface area (TPSA) is 82.2 Å². The van der Waals surface area contributed by atoms with E-state index in [4.69, 9.17) is 5.14 Å². The minimum atomic E-state index is -3.81. The van der Waals surface area contributed by atoms with Gasteiger partial charge in [0, 0.05) is 29.3 Å². The summed E-state index contributed by atoms with van der Waals surface area (Å²) in [5, 5.41) is 5.42. The van der Waals surface area contributed by atoms with Crippen LogP contribution < -0.4 is 10.6 Å². The molecule has 0 spiro atoms. The fraction of sp³-hybridized carbons (Fsp3) is 0.211. The summed E-state index contributed by atoms with van der Waals surface area (Å²) in [6.45, 7) is 4.57. The monoisotopic (exact) mass is 374 g/mol. The van der Waals surface area contributed by atoms with E-state index < -0.39 is 15.8 Å². The van der Waals surface area contributed by atoms with Crippen LogP contribution in [0.3, 0.4) is 0 Å². The molecule has 0 aliphatic heterocycles. The van der Waals surface area contributed by atoms with Crippen LogP contribution in [0.4, 0.5) is 4.39 Å². The highest BCUT2D eigenvalue weighted by Crippen LogP contribution is 2.28. The number of aromatic nitrogens is 1. The van der Waals surface area contributed by atoms with Crippen molar-refractivity contribution in [2.45, 2.75) is 31.7 Å². The first-order valence-electron chi connectivity index (χ1n) is 8.25. The van der Waals surface area contributed by atoms with Crippen molar-refractivity contribution in [2.24, 2.45) is 5.14 Å². The van der Waals surface area contributed by atoms with Gasteiger partial charge in [-0.05, 0) is 43.2 Å². The molecule has 0 saturated heterocycles. The lowest BCUT2D eigenvalue weighted by Crippen LogP contribution is -2.13. The van der Waals surface area contributed by atoms with Crippen LogP contribution in [-0.4, -0.2) is 13.0 Å². The molecular weight excluding hydrogens is 355 g/mol. The summed E-state index contributed by atoms with van der Waals surface area (Å²) in [7, 11) is -3.81. The summed E-state index contributed by atoms with van der Waals surface area (Å²) in [6, 6.07) is 10.1. The van der Waals surface area contributed by atoms with Crippen LogP contribution in [0.5, 0.6) is 0 Å².